The van der Waals surface area contributed by atoms with Gasteiger partial charge < -0.3 is 0 Å². The second-order valence-corrected chi connectivity index (χ2v) is 13.1. The molecular weight excluding hydrogens is 544 g/mol. The van der Waals surface area contributed by atoms with Crippen molar-refractivity contribution in [3.8, 4) is 33.6 Å². The average Bonchev–Trinajstić information content (AvgIpc) is 3.39. The third kappa shape index (κ3) is 4.32. The first-order valence-electron chi connectivity index (χ1n) is 15.7. The van der Waals surface area contributed by atoms with Gasteiger partial charge in [-0.2, -0.15) is 0 Å². The van der Waals surface area contributed by atoms with Crippen molar-refractivity contribution >= 4 is 10.8 Å². The standard InChI is InChI=1S/C43H34N2/c1-42(2,3)32-23-25-44-40(28-32)30-13-10-15-33(26-30)43(38-20-8-6-18-36(38)37-19-7-9-21-39(37)43)34-16-11-14-31(27-34)41-35-17-5-4-12-29(35)22-24-45-41/h4-28H,1-3H3. The molecule has 0 N–H and O–H groups in total. The zero-order valence-electron chi connectivity index (χ0n) is 25.8. The van der Waals surface area contributed by atoms with Gasteiger partial charge in [0.25, 0.3) is 0 Å². The van der Waals surface area contributed by atoms with E-state index in [9.17, 15) is 0 Å². The van der Waals surface area contributed by atoms with E-state index in [2.05, 4.69) is 160 Å². The molecular formula is C43H34N2. The lowest BCUT2D eigenvalue weighted by Crippen LogP contribution is -2.28. The molecule has 5 aromatic carbocycles. The first-order valence-corrected chi connectivity index (χ1v) is 15.7. The molecule has 0 bridgehead atoms. The predicted molar refractivity (Wildman–Crippen MR) is 186 cm³/mol. The molecule has 2 aromatic heterocycles. The monoisotopic (exact) mass is 578 g/mol. The lowest BCUT2D eigenvalue weighted by atomic mass is 9.67. The summed E-state index contributed by atoms with van der Waals surface area (Å²) in [6.07, 6.45) is 3.86. The topological polar surface area (TPSA) is 25.8 Å². The van der Waals surface area contributed by atoms with Gasteiger partial charge in [-0.3, -0.25) is 9.97 Å². The molecule has 1 aliphatic carbocycles. The van der Waals surface area contributed by atoms with Crippen molar-refractivity contribution in [1.82, 2.24) is 9.97 Å². The van der Waals surface area contributed by atoms with Gasteiger partial charge in [0.15, 0.2) is 0 Å². The molecule has 216 valence electrons. The van der Waals surface area contributed by atoms with Crippen LogP contribution < -0.4 is 0 Å². The van der Waals surface area contributed by atoms with E-state index in [0.29, 0.717) is 0 Å². The van der Waals surface area contributed by atoms with Crippen LogP contribution in [-0.2, 0) is 10.8 Å². The van der Waals surface area contributed by atoms with Crippen LogP contribution in [0.1, 0.15) is 48.6 Å². The highest BCUT2D eigenvalue weighted by molar-refractivity contribution is 5.95. The molecule has 0 unspecified atom stereocenters. The number of rotatable bonds is 4. The number of nitrogens with zero attached hydrogens (tertiary/aromatic N) is 2. The molecule has 45 heavy (non-hydrogen) atoms. The van der Waals surface area contributed by atoms with Crippen LogP contribution in [0.3, 0.4) is 0 Å². The quantitative estimate of drug-likeness (QED) is 0.208. The highest BCUT2D eigenvalue weighted by Crippen LogP contribution is 2.56. The van der Waals surface area contributed by atoms with Gasteiger partial charge in [0.2, 0.25) is 0 Å². The third-order valence-electron chi connectivity index (χ3n) is 9.41. The number of aromatic nitrogens is 2. The molecule has 0 spiro atoms. The Morgan fingerprint density at radius 3 is 1.82 bits per heavy atom. The number of hydrogen-bond acceptors (Lipinski definition) is 2. The number of benzene rings is 5. The van der Waals surface area contributed by atoms with Crippen molar-refractivity contribution in [2.75, 3.05) is 0 Å². The van der Waals surface area contributed by atoms with E-state index in [0.717, 1.165) is 27.9 Å². The third-order valence-corrected chi connectivity index (χ3v) is 9.41. The van der Waals surface area contributed by atoms with Gasteiger partial charge in [-0.25, -0.2) is 0 Å². The minimum atomic E-state index is -0.522. The molecule has 0 saturated carbocycles. The van der Waals surface area contributed by atoms with Crippen LogP contribution in [0, 0.1) is 0 Å². The molecule has 7 aromatic rings. The van der Waals surface area contributed by atoms with Crippen LogP contribution in [0.5, 0.6) is 0 Å². The van der Waals surface area contributed by atoms with E-state index in [4.69, 9.17) is 9.97 Å². The zero-order valence-corrected chi connectivity index (χ0v) is 25.8. The van der Waals surface area contributed by atoms with Crippen LogP contribution >= 0.6 is 0 Å². The number of hydrogen-bond donors (Lipinski definition) is 0. The molecule has 0 fully saturated rings. The molecule has 2 heterocycles. The summed E-state index contributed by atoms with van der Waals surface area (Å²) in [7, 11) is 0. The van der Waals surface area contributed by atoms with E-state index >= 15 is 0 Å². The maximum Gasteiger partial charge on any atom is 0.0780 e. The SMILES string of the molecule is CC(C)(C)c1ccnc(-c2cccc(C3(c4cccc(-c5nccc6ccccc56)c4)c4ccccc4-c4ccccc43)c2)c1. The molecule has 1 aliphatic rings. The Balaban J connectivity index is 1.41. The summed E-state index contributed by atoms with van der Waals surface area (Å²) < 4.78 is 0. The second-order valence-electron chi connectivity index (χ2n) is 13.1. The minimum absolute atomic E-state index is 0.0376. The Hall–Kier alpha value is -5.34. The lowest BCUT2D eigenvalue weighted by Gasteiger charge is -2.34. The fourth-order valence-electron chi connectivity index (χ4n) is 7.24. The summed E-state index contributed by atoms with van der Waals surface area (Å²) in [4.78, 5) is 9.75. The first-order chi connectivity index (χ1) is 21.9. The Bertz CT molecular complexity index is 2170. The van der Waals surface area contributed by atoms with Crippen LogP contribution in [0.15, 0.2) is 152 Å². The van der Waals surface area contributed by atoms with E-state index in [-0.39, 0.29) is 5.41 Å². The second kappa shape index (κ2) is 10.4. The fraction of sp³-hybridized carbons (Fsp3) is 0.116. The van der Waals surface area contributed by atoms with Crippen molar-refractivity contribution < 1.29 is 0 Å². The van der Waals surface area contributed by atoms with Gasteiger partial charge in [0, 0.05) is 28.9 Å². The summed E-state index contributed by atoms with van der Waals surface area (Å²) in [5.41, 5.74) is 12.6. The molecule has 2 nitrogen and oxygen atoms in total. The summed E-state index contributed by atoms with van der Waals surface area (Å²) in [5, 5.41) is 2.35. The lowest BCUT2D eigenvalue weighted by molar-refractivity contribution is 0.589. The van der Waals surface area contributed by atoms with E-state index in [1.165, 1.54) is 44.3 Å². The summed E-state index contributed by atoms with van der Waals surface area (Å²) in [6.45, 7) is 6.76. The van der Waals surface area contributed by atoms with Crippen molar-refractivity contribution in [2.24, 2.45) is 0 Å². The molecule has 0 radical (unpaired) electrons. The predicted octanol–water partition coefficient (Wildman–Crippen LogP) is 10.6. The van der Waals surface area contributed by atoms with Crippen molar-refractivity contribution in [3.63, 3.8) is 0 Å². The van der Waals surface area contributed by atoms with Crippen molar-refractivity contribution in [3.05, 3.63) is 180 Å². The maximum atomic E-state index is 4.90. The Morgan fingerprint density at radius 1 is 0.511 bits per heavy atom. The minimum Gasteiger partial charge on any atom is -0.256 e. The molecule has 8 rings (SSSR count). The molecule has 0 atom stereocenters. The zero-order chi connectivity index (χ0) is 30.6. The largest absolute Gasteiger partial charge is 0.256 e. The van der Waals surface area contributed by atoms with Crippen LogP contribution in [0.2, 0.25) is 0 Å². The van der Waals surface area contributed by atoms with Gasteiger partial charge in [-0.05, 0) is 80.1 Å². The van der Waals surface area contributed by atoms with Crippen LogP contribution in [0.4, 0.5) is 0 Å². The van der Waals surface area contributed by atoms with Crippen LogP contribution in [0.25, 0.3) is 44.4 Å². The van der Waals surface area contributed by atoms with Gasteiger partial charge in [-0.1, -0.05) is 130 Å². The van der Waals surface area contributed by atoms with Gasteiger partial charge in [0.05, 0.1) is 16.8 Å². The molecule has 0 aliphatic heterocycles. The molecule has 0 amide bonds. The van der Waals surface area contributed by atoms with E-state index in [1.54, 1.807) is 0 Å². The van der Waals surface area contributed by atoms with E-state index in [1.807, 2.05) is 12.4 Å². The Kier molecular flexibility index (Phi) is 6.28. The van der Waals surface area contributed by atoms with Gasteiger partial charge in [0.1, 0.15) is 0 Å². The normalized spacial score (nSPS) is 13.4. The van der Waals surface area contributed by atoms with Gasteiger partial charge in [-0.15, -0.1) is 0 Å². The maximum absolute atomic E-state index is 4.90. The first kappa shape index (κ1) is 27.2. The number of fused-ring (bicyclic) bond motifs is 4. The van der Waals surface area contributed by atoms with Crippen molar-refractivity contribution in [2.45, 2.75) is 31.6 Å². The van der Waals surface area contributed by atoms with Crippen LogP contribution in [-0.4, -0.2) is 9.97 Å². The van der Waals surface area contributed by atoms with E-state index < -0.39 is 5.41 Å². The number of pyridine rings is 2. The highest BCUT2D eigenvalue weighted by Gasteiger charge is 2.46. The summed E-state index contributed by atoms with van der Waals surface area (Å²) >= 11 is 0. The highest BCUT2D eigenvalue weighted by atomic mass is 14.7. The Morgan fingerprint density at radius 2 is 1.11 bits per heavy atom. The van der Waals surface area contributed by atoms with Gasteiger partial charge >= 0.3 is 0 Å². The molecule has 2 heteroatoms. The Labute approximate surface area is 265 Å². The molecule has 0 saturated heterocycles. The smallest absolute Gasteiger partial charge is 0.0780 e. The fourth-order valence-corrected chi connectivity index (χ4v) is 7.24. The van der Waals surface area contributed by atoms with Crippen molar-refractivity contribution in [1.29, 1.82) is 0 Å². The summed E-state index contributed by atoms with van der Waals surface area (Å²) in [5.74, 6) is 0. The average molecular weight is 579 g/mol. The summed E-state index contributed by atoms with van der Waals surface area (Å²) in [6, 6.07) is 50.8.